The Balaban J connectivity index is 1.33. The van der Waals surface area contributed by atoms with E-state index in [0.29, 0.717) is 24.9 Å². The van der Waals surface area contributed by atoms with E-state index in [1.165, 1.54) is 6.26 Å². The lowest BCUT2D eigenvalue weighted by molar-refractivity contribution is 0.0484. The minimum Gasteiger partial charge on any atom is -0.459 e. The van der Waals surface area contributed by atoms with Gasteiger partial charge in [-0.25, -0.2) is 4.79 Å². The first-order valence-corrected chi connectivity index (χ1v) is 8.66. The van der Waals surface area contributed by atoms with Gasteiger partial charge in [-0.1, -0.05) is 0 Å². The highest BCUT2D eigenvalue weighted by Crippen LogP contribution is 2.30. The molecule has 0 aromatic carbocycles. The zero-order chi connectivity index (χ0) is 16.8. The van der Waals surface area contributed by atoms with Crippen LogP contribution in [0.25, 0.3) is 0 Å². The Morgan fingerprint density at radius 1 is 1.12 bits per heavy atom. The number of furan rings is 1. The van der Waals surface area contributed by atoms with Crippen LogP contribution >= 0.6 is 0 Å². The molecule has 132 valence electrons. The summed E-state index contributed by atoms with van der Waals surface area (Å²) in [7, 11) is 0. The van der Waals surface area contributed by atoms with Gasteiger partial charge in [-0.05, 0) is 43.2 Å². The van der Waals surface area contributed by atoms with Crippen molar-refractivity contribution < 1.29 is 18.7 Å². The second-order valence-electron chi connectivity index (χ2n) is 6.41. The van der Waals surface area contributed by atoms with Crippen LogP contribution in [-0.4, -0.2) is 56.2 Å². The molecule has 0 radical (unpaired) electrons. The SMILES string of the molecule is O=C(NCCNC(=O)N1CC[C@H](C2CCOCC2)C1)c1ccco1. The van der Waals surface area contributed by atoms with Gasteiger partial charge >= 0.3 is 6.03 Å². The van der Waals surface area contributed by atoms with Crippen LogP contribution in [0, 0.1) is 11.8 Å². The Morgan fingerprint density at radius 2 is 1.92 bits per heavy atom. The highest BCUT2D eigenvalue weighted by molar-refractivity contribution is 5.91. The lowest BCUT2D eigenvalue weighted by Gasteiger charge is -2.27. The van der Waals surface area contributed by atoms with Crippen LogP contribution in [0.4, 0.5) is 4.79 Å². The minimum absolute atomic E-state index is 0.0446. The number of hydrogen-bond acceptors (Lipinski definition) is 4. The largest absolute Gasteiger partial charge is 0.459 e. The first-order chi connectivity index (χ1) is 11.7. The summed E-state index contributed by atoms with van der Waals surface area (Å²) >= 11 is 0. The molecule has 1 aromatic heterocycles. The summed E-state index contributed by atoms with van der Waals surface area (Å²) in [6.07, 6.45) is 4.75. The molecule has 0 aliphatic carbocycles. The molecule has 2 aliphatic rings. The molecule has 7 heteroatoms. The summed E-state index contributed by atoms with van der Waals surface area (Å²) in [4.78, 5) is 25.8. The van der Waals surface area contributed by atoms with Crippen molar-refractivity contribution in [2.45, 2.75) is 19.3 Å². The van der Waals surface area contributed by atoms with Crippen molar-refractivity contribution in [1.82, 2.24) is 15.5 Å². The van der Waals surface area contributed by atoms with Gasteiger partial charge in [0.2, 0.25) is 0 Å². The minimum atomic E-state index is -0.269. The van der Waals surface area contributed by atoms with E-state index in [2.05, 4.69) is 10.6 Å². The number of urea groups is 1. The van der Waals surface area contributed by atoms with E-state index in [9.17, 15) is 9.59 Å². The molecule has 7 nitrogen and oxygen atoms in total. The molecular formula is C17H25N3O4. The maximum Gasteiger partial charge on any atom is 0.317 e. The average Bonchev–Trinajstić information content (AvgIpc) is 3.31. The van der Waals surface area contributed by atoms with Crippen LogP contribution < -0.4 is 10.6 Å². The molecule has 0 bridgehead atoms. The normalized spacial score (nSPS) is 21.7. The number of ether oxygens (including phenoxy) is 1. The van der Waals surface area contributed by atoms with Gasteiger partial charge in [0.1, 0.15) is 0 Å². The van der Waals surface area contributed by atoms with Crippen LogP contribution in [-0.2, 0) is 4.74 Å². The number of nitrogens with one attached hydrogen (secondary N) is 2. The van der Waals surface area contributed by atoms with Crippen LogP contribution in [0.5, 0.6) is 0 Å². The van der Waals surface area contributed by atoms with Gasteiger partial charge in [0.15, 0.2) is 5.76 Å². The molecule has 24 heavy (non-hydrogen) atoms. The van der Waals surface area contributed by atoms with Gasteiger partial charge in [-0.2, -0.15) is 0 Å². The van der Waals surface area contributed by atoms with Crippen molar-refractivity contribution in [2.24, 2.45) is 11.8 Å². The Morgan fingerprint density at radius 3 is 2.67 bits per heavy atom. The fourth-order valence-corrected chi connectivity index (χ4v) is 3.50. The Labute approximate surface area is 141 Å². The third kappa shape index (κ3) is 4.29. The second-order valence-corrected chi connectivity index (χ2v) is 6.41. The zero-order valence-electron chi connectivity index (χ0n) is 13.8. The number of amides is 3. The highest BCUT2D eigenvalue weighted by Gasteiger charge is 2.32. The van der Waals surface area contributed by atoms with E-state index in [-0.39, 0.29) is 17.7 Å². The molecule has 0 saturated carbocycles. The van der Waals surface area contributed by atoms with Crippen LogP contribution in [0.15, 0.2) is 22.8 Å². The summed E-state index contributed by atoms with van der Waals surface area (Å²) in [6, 6.07) is 3.23. The lowest BCUT2D eigenvalue weighted by Crippen LogP contribution is -2.42. The summed E-state index contributed by atoms with van der Waals surface area (Å²) in [5, 5.41) is 5.58. The number of hydrogen-bond donors (Lipinski definition) is 2. The van der Waals surface area contributed by atoms with Crippen molar-refractivity contribution in [3.05, 3.63) is 24.2 Å². The van der Waals surface area contributed by atoms with Crippen LogP contribution in [0.2, 0.25) is 0 Å². The predicted molar refractivity (Wildman–Crippen MR) is 87.7 cm³/mol. The quantitative estimate of drug-likeness (QED) is 0.798. The van der Waals surface area contributed by atoms with E-state index < -0.39 is 0 Å². The summed E-state index contributed by atoms with van der Waals surface area (Å²) in [6.45, 7) is 4.12. The first-order valence-electron chi connectivity index (χ1n) is 8.66. The molecule has 1 atom stereocenters. The van der Waals surface area contributed by atoms with E-state index in [1.54, 1.807) is 12.1 Å². The molecule has 3 rings (SSSR count). The molecule has 2 N–H and O–H groups in total. The standard InChI is InChI=1S/C17H25N3O4/c21-16(15-2-1-9-24-15)18-6-7-19-17(22)20-8-3-14(12-20)13-4-10-23-11-5-13/h1-2,9,13-14H,3-8,10-12H2,(H,18,21)(H,19,22)/t14-/m0/s1. The molecule has 2 saturated heterocycles. The molecule has 0 unspecified atom stereocenters. The first kappa shape index (κ1) is 16.8. The molecule has 1 aromatic rings. The third-order valence-electron chi connectivity index (χ3n) is 4.88. The fourth-order valence-electron chi connectivity index (χ4n) is 3.50. The van der Waals surface area contributed by atoms with Crippen LogP contribution in [0.1, 0.15) is 29.8 Å². The molecule has 2 fully saturated rings. The maximum atomic E-state index is 12.2. The number of carbonyl (C=O) groups is 2. The monoisotopic (exact) mass is 335 g/mol. The maximum absolute atomic E-state index is 12.2. The van der Waals surface area contributed by atoms with Crippen molar-refractivity contribution in [3.8, 4) is 0 Å². The van der Waals surface area contributed by atoms with Crippen LogP contribution in [0.3, 0.4) is 0 Å². The van der Waals surface area contributed by atoms with Gasteiger partial charge in [0, 0.05) is 39.4 Å². The molecule has 0 spiro atoms. The van der Waals surface area contributed by atoms with Gasteiger partial charge < -0.3 is 24.7 Å². The molecule has 2 aliphatic heterocycles. The van der Waals surface area contributed by atoms with Gasteiger partial charge in [0.25, 0.3) is 5.91 Å². The summed E-state index contributed by atoms with van der Waals surface area (Å²) in [5.74, 6) is 1.29. The average molecular weight is 335 g/mol. The third-order valence-corrected chi connectivity index (χ3v) is 4.88. The zero-order valence-corrected chi connectivity index (χ0v) is 13.8. The molecular weight excluding hydrogens is 310 g/mol. The Bertz CT molecular complexity index is 540. The van der Waals surface area contributed by atoms with Gasteiger partial charge in [-0.3, -0.25) is 4.79 Å². The number of nitrogens with zero attached hydrogens (tertiary/aromatic N) is 1. The fraction of sp³-hybridized carbons (Fsp3) is 0.647. The molecule has 3 heterocycles. The number of rotatable bonds is 5. The van der Waals surface area contributed by atoms with E-state index in [4.69, 9.17) is 9.15 Å². The molecule has 3 amide bonds. The topological polar surface area (TPSA) is 83.8 Å². The van der Waals surface area contributed by atoms with Gasteiger partial charge in [0.05, 0.1) is 6.26 Å². The number of likely N-dealkylation sites (tertiary alicyclic amines) is 1. The second kappa shape index (κ2) is 8.19. The summed E-state index contributed by atoms with van der Waals surface area (Å²) < 4.78 is 10.4. The van der Waals surface area contributed by atoms with Crippen molar-refractivity contribution in [2.75, 3.05) is 39.4 Å². The van der Waals surface area contributed by atoms with E-state index in [0.717, 1.165) is 45.6 Å². The van der Waals surface area contributed by atoms with E-state index >= 15 is 0 Å². The summed E-state index contributed by atoms with van der Waals surface area (Å²) in [5.41, 5.74) is 0. The Kier molecular flexibility index (Phi) is 5.74. The van der Waals surface area contributed by atoms with Crippen molar-refractivity contribution in [1.29, 1.82) is 0 Å². The van der Waals surface area contributed by atoms with Crippen molar-refractivity contribution in [3.63, 3.8) is 0 Å². The van der Waals surface area contributed by atoms with Gasteiger partial charge in [-0.15, -0.1) is 0 Å². The predicted octanol–water partition coefficient (Wildman–Crippen LogP) is 1.47. The Hall–Kier alpha value is -2.02. The lowest BCUT2D eigenvalue weighted by atomic mass is 9.85. The van der Waals surface area contributed by atoms with E-state index in [1.807, 2.05) is 4.90 Å². The highest BCUT2D eigenvalue weighted by atomic mass is 16.5. The smallest absolute Gasteiger partial charge is 0.317 e. The number of carbonyl (C=O) groups excluding carboxylic acids is 2. The van der Waals surface area contributed by atoms with Crippen molar-refractivity contribution >= 4 is 11.9 Å².